The van der Waals surface area contributed by atoms with Gasteiger partial charge in [-0.15, -0.1) is 6.42 Å². The van der Waals surface area contributed by atoms with Gasteiger partial charge in [-0.05, 0) is 19.9 Å². The number of nitrogens with zero attached hydrogens (tertiary/aromatic N) is 3. The minimum atomic E-state index is -0.622. The molecule has 0 atom stereocenters. The molecule has 1 aromatic rings. The first kappa shape index (κ1) is 12.2. The topological polar surface area (TPSA) is 28.5 Å². The molecule has 0 saturated carbocycles. The Morgan fingerprint density at radius 3 is 2.94 bits per heavy atom. The number of terminal acetylenes is 1. The molecular formula is C12H14FN3. The predicted molar refractivity (Wildman–Crippen MR) is 63.3 cm³/mol. The van der Waals surface area contributed by atoms with E-state index in [4.69, 9.17) is 6.42 Å². The summed E-state index contributed by atoms with van der Waals surface area (Å²) in [6, 6.07) is 1.53. The lowest BCUT2D eigenvalue weighted by Gasteiger charge is -2.08. The molecule has 0 bridgehead atoms. The first-order chi connectivity index (χ1) is 7.58. The van der Waals surface area contributed by atoms with Crippen LogP contribution in [0.2, 0.25) is 0 Å². The van der Waals surface area contributed by atoms with Gasteiger partial charge in [0.25, 0.3) is 0 Å². The average Bonchev–Trinajstić information content (AvgIpc) is 2.27. The van der Waals surface area contributed by atoms with Crippen molar-refractivity contribution in [3.8, 4) is 12.3 Å². The summed E-state index contributed by atoms with van der Waals surface area (Å²) in [6.45, 7) is 4.55. The summed E-state index contributed by atoms with van der Waals surface area (Å²) < 4.78 is 13.2. The third kappa shape index (κ3) is 2.80. The Hall–Kier alpha value is -1.89. The summed E-state index contributed by atoms with van der Waals surface area (Å²) in [6.07, 6.45) is 6.83. The Kier molecular flexibility index (Phi) is 4.01. The maximum Gasteiger partial charge on any atom is 0.228 e. The van der Waals surface area contributed by atoms with Crippen molar-refractivity contribution in [3.63, 3.8) is 0 Å². The molecule has 0 radical (unpaired) electrons. The number of rotatable bonds is 3. The standard InChI is InChI=1S/C12H14FN3/c1-5-10-7-11(9(3)15-12(10)13)14-8-16(4)6-2/h1,7-8H,6H2,2-4H3/b14-8+. The van der Waals surface area contributed by atoms with E-state index in [2.05, 4.69) is 15.9 Å². The van der Waals surface area contributed by atoms with Crippen LogP contribution in [-0.2, 0) is 0 Å². The highest BCUT2D eigenvalue weighted by Crippen LogP contribution is 2.19. The van der Waals surface area contributed by atoms with Gasteiger partial charge in [0.05, 0.1) is 23.3 Å². The normalized spacial score (nSPS) is 10.4. The fourth-order valence-corrected chi connectivity index (χ4v) is 1.04. The van der Waals surface area contributed by atoms with E-state index in [-0.39, 0.29) is 5.56 Å². The molecule has 16 heavy (non-hydrogen) atoms. The molecule has 0 fully saturated rings. The molecule has 0 aliphatic heterocycles. The van der Waals surface area contributed by atoms with Gasteiger partial charge in [0.1, 0.15) is 0 Å². The van der Waals surface area contributed by atoms with Gasteiger partial charge >= 0.3 is 0 Å². The lowest BCUT2D eigenvalue weighted by atomic mass is 10.2. The molecule has 1 rings (SSSR count). The van der Waals surface area contributed by atoms with Gasteiger partial charge in [-0.1, -0.05) is 5.92 Å². The summed E-state index contributed by atoms with van der Waals surface area (Å²) in [7, 11) is 1.90. The number of hydrogen-bond acceptors (Lipinski definition) is 2. The molecule has 0 unspecified atom stereocenters. The van der Waals surface area contributed by atoms with Crippen molar-refractivity contribution in [1.82, 2.24) is 9.88 Å². The van der Waals surface area contributed by atoms with E-state index in [1.54, 1.807) is 13.3 Å². The number of aromatic nitrogens is 1. The van der Waals surface area contributed by atoms with Crippen LogP contribution in [0.25, 0.3) is 0 Å². The minimum absolute atomic E-state index is 0.136. The van der Waals surface area contributed by atoms with Crippen LogP contribution in [0.15, 0.2) is 11.1 Å². The van der Waals surface area contributed by atoms with Gasteiger partial charge in [-0.3, -0.25) is 0 Å². The zero-order valence-corrected chi connectivity index (χ0v) is 9.66. The van der Waals surface area contributed by atoms with Crippen molar-refractivity contribution in [2.24, 2.45) is 4.99 Å². The number of halogens is 1. The van der Waals surface area contributed by atoms with Crippen molar-refractivity contribution in [3.05, 3.63) is 23.3 Å². The SMILES string of the molecule is C#Cc1cc(/N=C/N(C)CC)c(C)nc1F. The van der Waals surface area contributed by atoms with Crippen LogP contribution in [-0.4, -0.2) is 29.8 Å². The van der Waals surface area contributed by atoms with Gasteiger partial charge in [0.15, 0.2) is 0 Å². The third-order valence-corrected chi connectivity index (χ3v) is 2.19. The van der Waals surface area contributed by atoms with Gasteiger partial charge < -0.3 is 4.90 Å². The fraction of sp³-hybridized carbons (Fsp3) is 0.333. The maximum atomic E-state index is 13.2. The molecule has 84 valence electrons. The van der Waals surface area contributed by atoms with Crippen LogP contribution in [0.4, 0.5) is 10.1 Å². The van der Waals surface area contributed by atoms with Crippen molar-refractivity contribution >= 4 is 12.0 Å². The third-order valence-electron chi connectivity index (χ3n) is 2.19. The van der Waals surface area contributed by atoms with Crippen molar-refractivity contribution in [2.45, 2.75) is 13.8 Å². The number of aryl methyl sites for hydroxylation is 1. The van der Waals surface area contributed by atoms with Crippen molar-refractivity contribution in [2.75, 3.05) is 13.6 Å². The maximum absolute atomic E-state index is 13.2. The monoisotopic (exact) mass is 219 g/mol. The zero-order valence-electron chi connectivity index (χ0n) is 9.66. The van der Waals surface area contributed by atoms with Gasteiger partial charge in [-0.2, -0.15) is 4.39 Å². The van der Waals surface area contributed by atoms with Crippen molar-refractivity contribution in [1.29, 1.82) is 0 Å². The molecular weight excluding hydrogens is 205 g/mol. The van der Waals surface area contributed by atoms with Crippen LogP contribution in [0.5, 0.6) is 0 Å². The van der Waals surface area contributed by atoms with Gasteiger partial charge in [-0.25, -0.2) is 9.98 Å². The average molecular weight is 219 g/mol. The molecule has 0 spiro atoms. The molecule has 1 heterocycles. The summed E-state index contributed by atoms with van der Waals surface area (Å²) in [5.74, 6) is 1.62. The highest BCUT2D eigenvalue weighted by atomic mass is 19.1. The molecule has 4 heteroatoms. The van der Waals surface area contributed by atoms with Crippen LogP contribution >= 0.6 is 0 Å². The van der Waals surface area contributed by atoms with Gasteiger partial charge in [0.2, 0.25) is 5.95 Å². The van der Waals surface area contributed by atoms with E-state index >= 15 is 0 Å². The number of pyridine rings is 1. The van der Waals surface area contributed by atoms with Gasteiger partial charge in [0, 0.05) is 13.6 Å². The molecule has 0 aliphatic rings. The number of aliphatic imine (C=N–C) groups is 1. The molecule has 0 aromatic carbocycles. The molecule has 3 nitrogen and oxygen atoms in total. The second-order valence-corrected chi connectivity index (χ2v) is 3.39. The van der Waals surface area contributed by atoms with Crippen LogP contribution < -0.4 is 0 Å². The Bertz CT molecular complexity index is 446. The highest BCUT2D eigenvalue weighted by molar-refractivity contribution is 5.63. The Labute approximate surface area is 95.0 Å². The fourth-order valence-electron chi connectivity index (χ4n) is 1.04. The highest BCUT2D eigenvalue weighted by Gasteiger charge is 2.06. The smallest absolute Gasteiger partial charge is 0.228 e. The van der Waals surface area contributed by atoms with Crippen LogP contribution in [0, 0.1) is 25.2 Å². The van der Waals surface area contributed by atoms with E-state index in [1.165, 1.54) is 6.07 Å². The van der Waals surface area contributed by atoms with E-state index in [0.29, 0.717) is 11.4 Å². The Morgan fingerprint density at radius 1 is 1.69 bits per heavy atom. The summed E-state index contributed by atoms with van der Waals surface area (Å²) in [5.41, 5.74) is 1.25. The van der Waals surface area contributed by atoms with E-state index in [0.717, 1.165) is 6.54 Å². The molecule has 0 saturated heterocycles. The summed E-state index contributed by atoms with van der Waals surface area (Å²) in [5, 5.41) is 0. The van der Waals surface area contributed by atoms with E-state index in [1.807, 2.05) is 18.9 Å². The predicted octanol–water partition coefficient (Wildman–Crippen LogP) is 2.12. The summed E-state index contributed by atoms with van der Waals surface area (Å²) in [4.78, 5) is 9.81. The zero-order chi connectivity index (χ0) is 12.1. The van der Waals surface area contributed by atoms with E-state index < -0.39 is 5.95 Å². The second-order valence-electron chi connectivity index (χ2n) is 3.39. The Morgan fingerprint density at radius 2 is 2.38 bits per heavy atom. The quantitative estimate of drug-likeness (QED) is 0.337. The second kappa shape index (κ2) is 5.26. The summed E-state index contributed by atoms with van der Waals surface area (Å²) >= 11 is 0. The minimum Gasteiger partial charge on any atom is -0.366 e. The first-order valence-electron chi connectivity index (χ1n) is 4.96. The first-order valence-corrected chi connectivity index (χ1v) is 4.96. The molecule has 0 aliphatic carbocycles. The lowest BCUT2D eigenvalue weighted by molar-refractivity contribution is 0.551. The molecule has 0 amide bonds. The van der Waals surface area contributed by atoms with E-state index in [9.17, 15) is 4.39 Å². The Balaban J connectivity index is 3.06. The van der Waals surface area contributed by atoms with Crippen LogP contribution in [0.3, 0.4) is 0 Å². The molecule has 1 aromatic heterocycles. The largest absolute Gasteiger partial charge is 0.366 e. The van der Waals surface area contributed by atoms with Crippen molar-refractivity contribution < 1.29 is 4.39 Å². The lowest BCUT2D eigenvalue weighted by Crippen LogP contribution is -2.14. The number of hydrogen-bond donors (Lipinski definition) is 0. The van der Waals surface area contributed by atoms with Crippen LogP contribution in [0.1, 0.15) is 18.2 Å². The molecule has 0 N–H and O–H groups in total.